The Labute approximate surface area is 81.5 Å². The van der Waals surface area contributed by atoms with Crippen LogP contribution < -0.4 is 5.73 Å². The fourth-order valence-corrected chi connectivity index (χ4v) is 2.78. The first-order chi connectivity index (χ1) is 6.20. The number of benzene rings is 1. The molecule has 0 fully saturated rings. The smallest absolute Gasteiger partial charge is 0.137 e. The minimum Gasteiger partial charge on any atom is -0.324 e. The Morgan fingerprint density at radius 3 is 3.08 bits per heavy atom. The molecule has 1 heterocycles. The van der Waals surface area contributed by atoms with Gasteiger partial charge in [0.25, 0.3) is 0 Å². The van der Waals surface area contributed by atoms with Crippen molar-refractivity contribution in [1.82, 2.24) is 0 Å². The van der Waals surface area contributed by atoms with Gasteiger partial charge in [0.15, 0.2) is 0 Å². The number of nitrogens with two attached hydrogens (primary N) is 1. The highest BCUT2D eigenvalue weighted by molar-refractivity contribution is 7.99. The van der Waals surface area contributed by atoms with Gasteiger partial charge in [-0.25, -0.2) is 4.39 Å². The van der Waals surface area contributed by atoms with Crippen LogP contribution in [0.3, 0.4) is 0 Å². The molecule has 2 N–H and O–H groups in total. The summed E-state index contributed by atoms with van der Waals surface area (Å²) in [5, 5.41) is 0. The van der Waals surface area contributed by atoms with E-state index in [4.69, 9.17) is 5.73 Å². The molecular formula is C10H12FNS. The van der Waals surface area contributed by atoms with Gasteiger partial charge in [-0.05, 0) is 17.5 Å². The highest BCUT2D eigenvalue weighted by Gasteiger charge is 2.25. The Kier molecular flexibility index (Phi) is 2.30. The second kappa shape index (κ2) is 3.31. The van der Waals surface area contributed by atoms with Crippen molar-refractivity contribution in [2.75, 3.05) is 5.75 Å². The van der Waals surface area contributed by atoms with Crippen LogP contribution in [0, 0.1) is 11.7 Å². The molecule has 0 spiro atoms. The molecule has 0 saturated carbocycles. The number of rotatable bonds is 0. The molecule has 0 radical (unpaired) electrons. The van der Waals surface area contributed by atoms with Gasteiger partial charge in [0.1, 0.15) is 5.82 Å². The van der Waals surface area contributed by atoms with Crippen molar-refractivity contribution in [3.8, 4) is 0 Å². The summed E-state index contributed by atoms with van der Waals surface area (Å²) < 4.78 is 13.3. The second-order valence-electron chi connectivity index (χ2n) is 3.47. The highest BCUT2D eigenvalue weighted by Crippen LogP contribution is 2.39. The zero-order valence-electron chi connectivity index (χ0n) is 7.46. The molecule has 3 heteroatoms. The van der Waals surface area contributed by atoms with E-state index in [1.54, 1.807) is 17.8 Å². The molecule has 1 aliphatic heterocycles. The standard InChI is InChI=1S/C10H12FNS/c1-6-5-13-10-7(9(6)12)3-2-4-8(10)11/h2-4,6,9H,5,12H2,1H3. The van der Waals surface area contributed by atoms with E-state index in [0.717, 1.165) is 16.2 Å². The summed E-state index contributed by atoms with van der Waals surface area (Å²) in [4.78, 5) is 0.744. The first-order valence-corrected chi connectivity index (χ1v) is 5.35. The van der Waals surface area contributed by atoms with E-state index >= 15 is 0 Å². The maximum atomic E-state index is 13.3. The number of hydrogen-bond donors (Lipinski definition) is 1. The number of halogens is 1. The third-order valence-corrected chi connectivity index (χ3v) is 3.87. The predicted molar refractivity (Wildman–Crippen MR) is 53.2 cm³/mol. The zero-order valence-corrected chi connectivity index (χ0v) is 8.27. The van der Waals surface area contributed by atoms with Crippen molar-refractivity contribution in [2.45, 2.75) is 17.9 Å². The van der Waals surface area contributed by atoms with E-state index in [1.165, 1.54) is 6.07 Å². The van der Waals surface area contributed by atoms with E-state index < -0.39 is 0 Å². The van der Waals surface area contributed by atoms with Gasteiger partial charge in [-0.2, -0.15) is 0 Å². The average Bonchev–Trinajstić information content (AvgIpc) is 2.12. The quantitative estimate of drug-likeness (QED) is 0.691. The lowest BCUT2D eigenvalue weighted by Crippen LogP contribution is -2.25. The van der Waals surface area contributed by atoms with E-state index in [0.29, 0.717) is 5.92 Å². The molecule has 0 saturated heterocycles. The molecule has 70 valence electrons. The van der Waals surface area contributed by atoms with Crippen molar-refractivity contribution in [3.63, 3.8) is 0 Å². The molecule has 2 unspecified atom stereocenters. The molecule has 1 nitrogen and oxygen atoms in total. The van der Waals surface area contributed by atoms with Crippen molar-refractivity contribution in [3.05, 3.63) is 29.6 Å². The Bertz CT molecular complexity index is 327. The Morgan fingerprint density at radius 1 is 1.54 bits per heavy atom. The maximum Gasteiger partial charge on any atom is 0.137 e. The summed E-state index contributed by atoms with van der Waals surface area (Å²) in [6.45, 7) is 2.10. The van der Waals surface area contributed by atoms with Crippen LogP contribution in [-0.4, -0.2) is 5.75 Å². The average molecular weight is 197 g/mol. The van der Waals surface area contributed by atoms with Crippen molar-refractivity contribution < 1.29 is 4.39 Å². The molecular weight excluding hydrogens is 185 g/mol. The van der Waals surface area contributed by atoms with E-state index in [2.05, 4.69) is 6.92 Å². The van der Waals surface area contributed by atoms with Gasteiger partial charge in [0, 0.05) is 16.7 Å². The minimum atomic E-state index is -0.134. The molecule has 0 aliphatic carbocycles. The van der Waals surface area contributed by atoms with E-state index in [1.807, 2.05) is 6.07 Å². The minimum absolute atomic E-state index is 0.00745. The fourth-order valence-electron chi connectivity index (χ4n) is 1.57. The molecule has 2 rings (SSSR count). The largest absolute Gasteiger partial charge is 0.324 e. The molecule has 0 amide bonds. The normalized spacial score (nSPS) is 27.0. The topological polar surface area (TPSA) is 26.0 Å². The van der Waals surface area contributed by atoms with Gasteiger partial charge in [-0.15, -0.1) is 11.8 Å². The molecule has 0 aromatic heterocycles. The molecule has 1 aromatic rings. The Hall–Kier alpha value is -0.540. The first-order valence-electron chi connectivity index (χ1n) is 4.37. The monoisotopic (exact) mass is 197 g/mol. The second-order valence-corrected chi connectivity index (χ2v) is 4.50. The predicted octanol–water partition coefficient (Wildman–Crippen LogP) is 2.57. The van der Waals surface area contributed by atoms with Crippen molar-refractivity contribution in [1.29, 1.82) is 0 Å². The molecule has 2 atom stereocenters. The SMILES string of the molecule is CC1CSc2c(F)cccc2C1N. The number of thioether (sulfide) groups is 1. The van der Waals surface area contributed by atoms with Crippen molar-refractivity contribution in [2.24, 2.45) is 11.7 Å². The third kappa shape index (κ3) is 1.46. The summed E-state index contributed by atoms with van der Waals surface area (Å²) in [5.41, 5.74) is 6.94. The summed E-state index contributed by atoms with van der Waals surface area (Å²) >= 11 is 1.57. The number of fused-ring (bicyclic) bond motifs is 1. The molecule has 0 bridgehead atoms. The summed E-state index contributed by atoms with van der Waals surface area (Å²) in [7, 11) is 0. The lowest BCUT2D eigenvalue weighted by molar-refractivity contribution is 0.493. The van der Waals surface area contributed by atoms with Crippen LogP contribution in [0.5, 0.6) is 0 Å². The van der Waals surface area contributed by atoms with Gasteiger partial charge < -0.3 is 5.73 Å². The van der Waals surface area contributed by atoms with Crippen LogP contribution in [0.1, 0.15) is 18.5 Å². The lowest BCUT2D eigenvalue weighted by atomic mass is 9.96. The third-order valence-electron chi connectivity index (χ3n) is 2.46. The number of hydrogen-bond acceptors (Lipinski definition) is 2. The van der Waals surface area contributed by atoms with Crippen LogP contribution >= 0.6 is 11.8 Å². The molecule has 1 aliphatic rings. The Morgan fingerprint density at radius 2 is 2.31 bits per heavy atom. The van der Waals surface area contributed by atoms with Gasteiger partial charge >= 0.3 is 0 Å². The van der Waals surface area contributed by atoms with Gasteiger partial charge in [-0.3, -0.25) is 0 Å². The molecule has 1 aromatic carbocycles. The Balaban J connectivity index is 2.49. The highest BCUT2D eigenvalue weighted by atomic mass is 32.2. The van der Waals surface area contributed by atoms with Crippen LogP contribution in [0.15, 0.2) is 23.1 Å². The van der Waals surface area contributed by atoms with Gasteiger partial charge in [-0.1, -0.05) is 19.1 Å². The lowest BCUT2D eigenvalue weighted by Gasteiger charge is -2.27. The van der Waals surface area contributed by atoms with Crippen LogP contribution in [0.4, 0.5) is 4.39 Å². The first kappa shape index (κ1) is 9.03. The van der Waals surface area contributed by atoms with Crippen LogP contribution in [0.25, 0.3) is 0 Å². The summed E-state index contributed by atoms with van der Waals surface area (Å²) in [5.74, 6) is 1.21. The molecule has 13 heavy (non-hydrogen) atoms. The van der Waals surface area contributed by atoms with E-state index in [9.17, 15) is 4.39 Å². The van der Waals surface area contributed by atoms with Crippen LogP contribution in [-0.2, 0) is 0 Å². The van der Waals surface area contributed by atoms with E-state index in [-0.39, 0.29) is 11.9 Å². The summed E-state index contributed by atoms with van der Waals surface area (Å²) in [6.07, 6.45) is 0. The van der Waals surface area contributed by atoms with Crippen LogP contribution in [0.2, 0.25) is 0 Å². The van der Waals surface area contributed by atoms with Gasteiger partial charge in [0.2, 0.25) is 0 Å². The maximum absolute atomic E-state index is 13.3. The van der Waals surface area contributed by atoms with Crippen molar-refractivity contribution >= 4 is 11.8 Å². The fraction of sp³-hybridized carbons (Fsp3) is 0.400. The van der Waals surface area contributed by atoms with Gasteiger partial charge in [0.05, 0.1) is 0 Å². The zero-order chi connectivity index (χ0) is 9.42. The summed E-state index contributed by atoms with van der Waals surface area (Å²) in [6, 6.07) is 5.14.